The third kappa shape index (κ3) is 4.41. The summed E-state index contributed by atoms with van der Waals surface area (Å²) >= 11 is 1.87. The van der Waals surface area contributed by atoms with E-state index in [0.29, 0.717) is 6.04 Å². The van der Waals surface area contributed by atoms with Gasteiger partial charge < -0.3 is 5.73 Å². The molecule has 0 bridgehead atoms. The average molecular weight is 254 g/mol. The van der Waals surface area contributed by atoms with Crippen LogP contribution in [0.2, 0.25) is 0 Å². The predicted molar refractivity (Wildman–Crippen MR) is 77.5 cm³/mol. The highest BCUT2D eigenvalue weighted by atomic mass is 32.1. The summed E-state index contributed by atoms with van der Waals surface area (Å²) in [4.78, 5) is 5.15. The molecule has 2 unspecified atom stereocenters. The number of hydrogen-bond donors (Lipinski definition) is 1. The average Bonchev–Trinajstić information content (AvgIpc) is 2.61. The fourth-order valence-corrected chi connectivity index (χ4v) is 3.25. The summed E-state index contributed by atoms with van der Waals surface area (Å²) in [6.45, 7) is 9.90. The van der Waals surface area contributed by atoms with Gasteiger partial charge in [-0.25, -0.2) is 0 Å². The van der Waals surface area contributed by atoms with Crippen molar-refractivity contribution in [2.45, 2.75) is 46.2 Å². The Labute approximate surface area is 110 Å². The summed E-state index contributed by atoms with van der Waals surface area (Å²) in [6.07, 6.45) is 1.23. The molecule has 2 N–H and O–H groups in total. The molecule has 0 amide bonds. The molecule has 0 saturated heterocycles. The molecule has 0 aliphatic heterocycles. The first-order valence-electron chi connectivity index (χ1n) is 6.44. The number of aryl methyl sites for hydroxylation is 1. The lowest BCUT2D eigenvalue weighted by Crippen LogP contribution is -2.37. The highest BCUT2D eigenvalue weighted by molar-refractivity contribution is 7.12. The van der Waals surface area contributed by atoms with Crippen molar-refractivity contribution >= 4 is 11.3 Å². The molecule has 1 aromatic rings. The molecular weight excluding hydrogens is 228 g/mol. The van der Waals surface area contributed by atoms with Crippen LogP contribution in [0, 0.1) is 12.8 Å². The van der Waals surface area contributed by atoms with Crippen LogP contribution < -0.4 is 5.73 Å². The molecule has 0 spiro atoms. The fraction of sp³-hybridized carbons (Fsp3) is 0.714. The van der Waals surface area contributed by atoms with E-state index >= 15 is 0 Å². The van der Waals surface area contributed by atoms with E-state index in [2.05, 4.69) is 51.8 Å². The van der Waals surface area contributed by atoms with Crippen molar-refractivity contribution in [3.63, 3.8) is 0 Å². The summed E-state index contributed by atoms with van der Waals surface area (Å²) in [5.41, 5.74) is 6.15. The zero-order chi connectivity index (χ0) is 13.0. The lowest BCUT2D eigenvalue weighted by Gasteiger charge is -2.30. The highest BCUT2D eigenvalue weighted by Crippen LogP contribution is 2.29. The smallest absolute Gasteiger partial charge is 0.0588 e. The van der Waals surface area contributed by atoms with Crippen molar-refractivity contribution < 1.29 is 0 Å². The first-order chi connectivity index (χ1) is 7.91. The fourth-order valence-electron chi connectivity index (χ4n) is 2.09. The van der Waals surface area contributed by atoms with Gasteiger partial charge >= 0.3 is 0 Å². The Hall–Kier alpha value is -0.380. The van der Waals surface area contributed by atoms with E-state index in [0.717, 1.165) is 12.5 Å². The van der Waals surface area contributed by atoms with Gasteiger partial charge in [0.05, 0.1) is 6.04 Å². The van der Waals surface area contributed by atoms with Crippen LogP contribution in [0.4, 0.5) is 0 Å². The van der Waals surface area contributed by atoms with Crippen LogP contribution in [-0.4, -0.2) is 24.5 Å². The third-order valence-corrected chi connectivity index (χ3v) is 4.16. The summed E-state index contributed by atoms with van der Waals surface area (Å²) < 4.78 is 0. The predicted octanol–water partition coefficient (Wildman–Crippen LogP) is 3.42. The summed E-state index contributed by atoms with van der Waals surface area (Å²) in [7, 11) is 2.19. The lowest BCUT2D eigenvalue weighted by atomic mass is 10.1. The number of nitrogens with zero attached hydrogens (tertiary/aromatic N) is 1. The number of nitrogens with two attached hydrogens (primary N) is 1. The lowest BCUT2D eigenvalue weighted by molar-refractivity contribution is 0.211. The second-order valence-corrected chi connectivity index (χ2v) is 6.73. The largest absolute Gasteiger partial charge is 0.326 e. The summed E-state index contributed by atoms with van der Waals surface area (Å²) in [6, 6.07) is 4.93. The van der Waals surface area contributed by atoms with E-state index in [1.165, 1.54) is 16.2 Å². The number of likely N-dealkylation sites (N-methyl/N-ethyl adjacent to an activating group) is 1. The van der Waals surface area contributed by atoms with E-state index in [1.807, 2.05) is 11.3 Å². The molecule has 0 saturated carbocycles. The highest BCUT2D eigenvalue weighted by Gasteiger charge is 2.22. The van der Waals surface area contributed by atoms with Gasteiger partial charge in [-0.05, 0) is 51.9 Å². The Bertz CT molecular complexity index is 331. The molecule has 1 aromatic heterocycles. The molecule has 0 aromatic carbocycles. The molecule has 1 rings (SSSR count). The summed E-state index contributed by atoms with van der Waals surface area (Å²) in [5.74, 6) is 0.747. The number of rotatable bonds is 6. The van der Waals surface area contributed by atoms with Crippen molar-refractivity contribution in [3.05, 3.63) is 21.9 Å². The summed E-state index contributed by atoms with van der Waals surface area (Å²) in [5, 5.41) is 0. The standard InChI is InChI=1S/C14H26N2S/c1-10(2)8-9-16(5)14(12(4)15)13-7-6-11(3)17-13/h6-7,10,12,14H,8-9,15H2,1-5H3. The van der Waals surface area contributed by atoms with E-state index in [1.54, 1.807) is 0 Å². The molecule has 0 aliphatic carbocycles. The second kappa shape index (κ2) is 6.53. The Balaban J connectivity index is 2.72. The zero-order valence-electron chi connectivity index (χ0n) is 11.7. The van der Waals surface area contributed by atoms with Crippen molar-refractivity contribution in [2.75, 3.05) is 13.6 Å². The first kappa shape index (κ1) is 14.7. The van der Waals surface area contributed by atoms with Gasteiger partial charge in [0.2, 0.25) is 0 Å². The number of thiophene rings is 1. The molecule has 3 heteroatoms. The van der Waals surface area contributed by atoms with Crippen LogP contribution in [0.25, 0.3) is 0 Å². The Morgan fingerprint density at radius 1 is 1.29 bits per heavy atom. The van der Waals surface area contributed by atoms with E-state index < -0.39 is 0 Å². The second-order valence-electron chi connectivity index (χ2n) is 5.42. The monoisotopic (exact) mass is 254 g/mol. The van der Waals surface area contributed by atoms with Crippen LogP contribution in [0.5, 0.6) is 0 Å². The Kier molecular flexibility index (Phi) is 5.63. The van der Waals surface area contributed by atoms with Crippen LogP contribution in [0.3, 0.4) is 0 Å². The van der Waals surface area contributed by atoms with Gasteiger partial charge in [0.1, 0.15) is 0 Å². The van der Waals surface area contributed by atoms with Crippen LogP contribution in [-0.2, 0) is 0 Å². The van der Waals surface area contributed by atoms with Gasteiger partial charge in [0.25, 0.3) is 0 Å². The van der Waals surface area contributed by atoms with Gasteiger partial charge in [-0.2, -0.15) is 0 Å². The van der Waals surface area contributed by atoms with Crippen molar-refractivity contribution in [3.8, 4) is 0 Å². The molecule has 2 atom stereocenters. The Morgan fingerprint density at radius 2 is 1.94 bits per heavy atom. The van der Waals surface area contributed by atoms with Crippen molar-refractivity contribution in [2.24, 2.45) is 11.7 Å². The topological polar surface area (TPSA) is 29.3 Å². The van der Waals surface area contributed by atoms with Gasteiger partial charge in [-0.15, -0.1) is 11.3 Å². The Morgan fingerprint density at radius 3 is 2.35 bits per heavy atom. The third-order valence-electron chi connectivity index (χ3n) is 3.08. The molecule has 98 valence electrons. The normalized spacial score (nSPS) is 15.5. The number of hydrogen-bond acceptors (Lipinski definition) is 3. The maximum absolute atomic E-state index is 6.15. The van der Waals surface area contributed by atoms with E-state index in [4.69, 9.17) is 5.73 Å². The van der Waals surface area contributed by atoms with E-state index in [9.17, 15) is 0 Å². The minimum Gasteiger partial charge on any atom is -0.326 e. The molecule has 0 aliphatic rings. The van der Waals surface area contributed by atoms with Gasteiger partial charge in [0.15, 0.2) is 0 Å². The molecule has 2 nitrogen and oxygen atoms in total. The SMILES string of the molecule is Cc1ccc(C(C(C)N)N(C)CCC(C)C)s1. The van der Waals surface area contributed by atoms with Gasteiger partial charge in [-0.1, -0.05) is 13.8 Å². The van der Waals surface area contributed by atoms with Crippen LogP contribution >= 0.6 is 11.3 Å². The first-order valence-corrected chi connectivity index (χ1v) is 7.25. The quantitative estimate of drug-likeness (QED) is 0.843. The van der Waals surface area contributed by atoms with Gasteiger partial charge in [0, 0.05) is 15.8 Å². The van der Waals surface area contributed by atoms with Crippen molar-refractivity contribution in [1.82, 2.24) is 4.90 Å². The van der Waals surface area contributed by atoms with Crippen molar-refractivity contribution in [1.29, 1.82) is 0 Å². The maximum atomic E-state index is 6.15. The molecule has 17 heavy (non-hydrogen) atoms. The molecule has 1 heterocycles. The minimum atomic E-state index is 0.171. The van der Waals surface area contributed by atoms with Gasteiger partial charge in [-0.3, -0.25) is 4.90 Å². The molecule has 0 fully saturated rings. The molecule has 0 radical (unpaired) electrons. The minimum absolute atomic E-state index is 0.171. The van der Waals surface area contributed by atoms with Crippen LogP contribution in [0.1, 0.15) is 43.0 Å². The maximum Gasteiger partial charge on any atom is 0.0588 e. The van der Waals surface area contributed by atoms with E-state index in [-0.39, 0.29) is 6.04 Å². The van der Waals surface area contributed by atoms with Crippen LogP contribution in [0.15, 0.2) is 12.1 Å². The zero-order valence-corrected chi connectivity index (χ0v) is 12.6. The molecular formula is C14H26N2S.